The molecule has 150 valence electrons. The van der Waals surface area contributed by atoms with Gasteiger partial charge in [0.15, 0.2) is 11.5 Å². The second-order valence-corrected chi connectivity index (χ2v) is 8.68. The molecule has 0 aliphatic carbocycles. The minimum absolute atomic E-state index is 0.0572. The smallest absolute Gasteiger partial charge is 0.163 e. The lowest BCUT2D eigenvalue weighted by Crippen LogP contribution is -2.16. The maximum absolute atomic E-state index is 5.40. The molecule has 0 aliphatic heterocycles. The standard InChI is InChI=1S/C22H29N3O2S/c1-22(2,3)13-8-9-17(25(4)5)14(10-13)20(28)21-23-15-11-18(26-6)19(27-7)12-16(15)24-21/h8-12,20,28H,1-7H3,(H,23,24). The Morgan fingerprint density at radius 2 is 1.68 bits per heavy atom. The maximum Gasteiger partial charge on any atom is 0.163 e. The molecule has 0 radical (unpaired) electrons. The zero-order valence-corrected chi connectivity index (χ0v) is 18.5. The molecule has 0 amide bonds. The number of hydrogen-bond donors (Lipinski definition) is 2. The highest BCUT2D eigenvalue weighted by Gasteiger charge is 2.23. The highest BCUT2D eigenvalue weighted by molar-refractivity contribution is 7.80. The summed E-state index contributed by atoms with van der Waals surface area (Å²) in [6.45, 7) is 6.65. The SMILES string of the molecule is COc1cc2nc(C(S)c3cc(C(C)(C)C)ccc3N(C)C)[nH]c2cc1OC. The summed E-state index contributed by atoms with van der Waals surface area (Å²) in [7, 11) is 7.35. The Bertz CT molecular complexity index is 948. The molecular formula is C22H29N3O2S. The predicted octanol–water partition coefficient (Wildman–Crippen LogP) is 4.96. The van der Waals surface area contributed by atoms with E-state index in [9.17, 15) is 0 Å². The Morgan fingerprint density at radius 1 is 1.04 bits per heavy atom. The van der Waals surface area contributed by atoms with E-state index < -0.39 is 0 Å². The van der Waals surface area contributed by atoms with Crippen LogP contribution in [0.5, 0.6) is 11.5 Å². The molecule has 6 heteroatoms. The molecule has 3 aromatic rings. The minimum Gasteiger partial charge on any atom is -0.493 e. The van der Waals surface area contributed by atoms with E-state index in [4.69, 9.17) is 27.1 Å². The largest absolute Gasteiger partial charge is 0.493 e. The molecule has 3 rings (SSSR count). The second kappa shape index (κ2) is 7.59. The van der Waals surface area contributed by atoms with E-state index >= 15 is 0 Å². The van der Waals surface area contributed by atoms with Crippen molar-refractivity contribution in [3.63, 3.8) is 0 Å². The molecule has 0 spiro atoms. The molecule has 28 heavy (non-hydrogen) atoms. The fourth-order valence-electron chi connectivity index (χ4n) is 3.28. The predicted molar refractivity (Wildman–Crippen MR) is 119 cm³/mol. The van der Waals surface area contributed by atoms with E-state index in [1.165, 1.54) is 5.56 Å². The molecule has 0 saturated heterocycles. The first-order chi connectivity index (χ1) is 13.2. The number of ether oxygens (including phenoxy) is 2. The van der Waals surface area contributed by atoms with Gasteiger partial charge in [0.25, 0.3) is 0 Å². The van der Waals surface area contributed by atoms with Crippen molar-refractivity contribution in [3.8, 4) is 11.5 Å². The summed E-state index contributed by atoms with van der Waals surface area (Å²) in [6, 6.07) is 10.4. The van der Waals surface area contributed by atoms with Crippen LogP contribution in [0.3, 0.4) is 0 Å². The lowest BCUT2D eigenvalue weighted by Gasteiger charge is -2.25. The van der Waals surface area contributed by atoms with Crippen LogP contribution in [-0.4, -0.2) is 38.3 Å². The number of benzene rings is 2. The van der Waals surface area contributed by atoms with Gasteiger partial charge in [-0.05, 0) is 22.6 Å². The normalized spacial score (nSPS) is 12.9. The quantitative estimate of drug-likeness (QED) is 0.595. The third-order valence-electron chi connectivity index (χ3n) is 4.93. The van der Waals surface area contributed by atoms with Gasteiger partial charge in [-0.15, -0.1) is 0 Å². The fraction of sp³-hybridized carbons (Fsp3) is 0.409. The van der Waals surface area contributed by atoms with E-state index in [2.05, 4.69) is 48.9 Å². The molecule has 2 aromatic carbocycles. The van der Waals surface area contributed by atoms with Crippen molar-refractivity contribution in [1.29, 1.82) is 0 Å². The van der Waals surface area contributed by atoms with E-state index in [1.807, 2.05) is 26.2 Å². The number of aromatic amines is 1. The third kappa shape index (κ3) is 3.78. The Balaban J connectivity index is 2.11. The second-order valence-electron chi connectivity index (χ2n) is 8.17. The van der Waals surface area contributed by atoms with Crippen LogP contribution in [0.25, 0.3) is 11.0 Å². The number of nitrogens with one attached hydrogen (secondary N) is 1. The molecule has 0 fully saturated rings. The molecule has 0 aliphatic rings. The Hall–Kier alpha value is -2.34. The van der Waals surface area contributed by atoms with Crippen LogP contribution in [0.2, 0.25) is 0 Å². The van der Waals surface area contributed by atoms with Crippen LogP contribution in [0.15, 0.2) is 30.3 Å². The molecule has 0 saturated carbocycles. The zero-order valence-electron chi connectivity index (χ0n) is 17.6. The first kappa shape index (κ1) is 20.4. The summed E-state index contributed by atoms with van der Waals surface area (Å²) in [5.74, 6) is 2.12. The number of methoxy groups -OCH3 is 2. The summed E-state index contributed by atoms with van der Waals surface area (Å²) in [6.07, 6.45) is 0. The number of imidazole rings is 1. The molecule has 1 atom stereocenters. The number of fused-ring (bicyclic) bond motifs is 1. The van der Waals surface area contributed by atoms with E-state index in [-0.39, 0.29) is 10.7 Å². The topological polar surface area (TPSA) is 50.4 Å². The van der Waals surface area contributed by atoms with Crippen molar-refractivity contribution >= 4 is 29.3 Å². The maximum atomic E-state index is 5.40. The average molecular weight is 400 g/mol. The van der Waals surface area contributed by atoms with Gasteiger partial charge >= 0.3 is 0 Å². The van der Waals surface area contributed by atoms with Crippen molar-refractivity contribution < 1.29 is 9.47 Å². The van der Waals surface area contributed by atoms with Crippen LogP contribution < -0.4 is 14.4 Å². The van der Waals surface area contributed by atoms with E-state index in [0.717, 1.165) is 28.1 Å². The number of anilines is 1. The first-order valence-corrected chi connectivity index (χ1v) is 9.78. The van der Waals surface area contributed by atoms with E-state index in [0.29, 0.717) is 11.5 Å². The van der Waals surface area contributed by atoms with Crippen molar-refractivity contribution in [1.82, 2.24) is 9.97 Å². The van der Waals surface area contributed by atoms with Gasteiger partial charge in [-0.25, -0.2) is 4.98 Å². The molecule has 1 N–H and O–H groups in total. The highest BCUT2D eigenvalue weighted by atomic mass is 32.1. The minimum atomic E-state index is -0.191. The molecule has 1 unspecified atom stereocenters. The van der Waals surface area contributed by atoms with Gasteiger partial charge in [-0.2, -0.15) is 12.6 Å². The van der Waals surface area contributed by atoms with Crippen LogP contribution in [-0.2, 0) is 5.41 Å². The Labute approximate surface area is 172 Å². The first-order valence-electron chi connectivity index (χ1n) is 9.27. The summed E-state index contributed by atoms with van der Waals surface area (Å²) in [5.41, 5.74) is 5.30. The molecular weight excluding hydrogens is 370 g/mol. The number of thiol groups is 1. The van der Waals surface area contributed by atoms with Crippen molar-refractivity contribution in [2.45, 2.75) is 31.4 Å². The number of aromatic nitrogens is 2. The zero-order chi connectivity index (χ0) is 20.6. The summed E-state index contributed by atoms with van der Waals surface area (Å²) >= 11 is 4.94. The lowest BCUT2D eigenvalue weighted by atomic mass is 9.85. The van der Waals surface area contributed by atoms with Crippen LogP contribution in [0, 0.1) is 0 Å². The summed E-state index contributed by atoms with van der Waals surface area (Å²) in [5, 5.41) is -0.191. The summed E-state index contributed by atoms with van der Waals surface area (Å²) in [4.78, 5) is 10.3. The molecule has 1 aromatic heterocycles. The van der Waals surface area contributed by atoms with Gasteiger partial charge in [-0.1, -0.05) is 32.9 Å². The number of hydrogen-bond acceptors (Lipinski definition) is 5. The Kier molecular flexibility index (Phi) is 5.53. The lowest BCUT2D eigenvalue weighted by molar-refractivity contribution is 0.356. The van der Waals surface area contributed by atoms with Crippen molar-refractivity contribution in [3.05, 3.63) is 47.3 Å². The van der Waals surface area contributed by atoms with Crippen LogP contribution in [0.4, 0.5) is 5.69 Å². The molecule has 5 nitrogen and oxygen atoms in total. The van der Waals surface area contributed by atoms with Crippen molar-refractivity contribution in [2.75, 3.05) is 33.2 Å². The Morgan fingerprint density at radius 3 is 2.25 bits per heavy atom. The monoisotopic (exact) mass is 399 g/mol. The van der Waals surface area contributed by atoms with Crippen LogP contribution >= 0.6 is 12.6 Å². The van der Waals surface area contributed by atoms with Crippen molar-refractivity contribution in [2.24, 2.45) is 0 Å². The van der Waals surface area contributed by atoms with Gasteiger partial charge in [0.05, 0.1) is 30.5 Å². The third-order valence-corrected chi connectivity index (χ3v) is 5.46. The van der Waals surface area contributed by atoms with Gasteiger partial charge < -0.3 is 19.4 Å². The molecule has 0 bridgehead atoms. The number of nitrogens with zero attached hydrogens (tertiary/aromatic N) is 2. The highest BCUT2D eigenvalue weighted by Crippen LogP contribution is 2.38. The van der Waals surface area contributed by atoms with Gasteiger partial charge in [0.1, 0.15) is 5.82 Å². The average Bonchev–Trinajstić information content (AvgIpc) is 3.07. The van der Waals surface area contributed by atoms with Crippen LogP contribution in [0.1, 0.15) is 43.0 Å². The molecule has 1 heterocycles. The van der Waals surface area contributed by atoms with Gasteiger partial charge in [-0.3, -0.25) is 0 Å². The van der Waals surface area contributed by atoms with Gasteiger partial charge in [0, 0.05) is 31.9 Å². The number of H-pyrrole nitrogens is 1. The number of rotatable bonds is 5. The van der Waals surface area contributed by atoms with E-state index in [1.54, 1.807) is 14.2 Å². The van der Waals surface area contributed by atoms with Gasteiger partial charge in [0.2, 0.25) is 0 Å². The fourth-order valence-corrected chi connectivity index (χ4v) is 3.61. The summed E-state index contributed by atoms with van der Waals surface area (Å²) < 4.78 is 10.8.